The van der Waals surface area contributed by atoms with E-state index in [1.165, 1.54) is 13.0 Å². The molecule has 0 radical (unpaired) electrons. The van der Waals surface area contributed by atoms with Gasteiger partial charge in [0.15, 0.2) is 5.78 Å². The van der Waals surface area contributed by atoms with Gasteiger partial charge in [-0.25, -0.2) is 4.79 Å². The Morgan fingerprint density at radius 1 is 1.58 bits per heavy atom. The molecular weight excluding hydrogens is 158 g/mol. The number of anilines is 1. The molecule has 0 atom stereocenters. The minimum atomic E-state index is -0.600. The molecule has 0 aliphatic rings. The first-order valence-corrected chi connectivity index (χ1v) is 3.43. The number of hydrogen-bond donors (Lipinski definition) is 1. The molecule has 4 heteroatoms. The minimum Gasteiger partial charge on any atom is -0.426 e. The SMILES string of the molecule is CC(=O)c1cc(N)c(=O)oc1C. The molecule has 0 amide bonds. The zero-order valence-electron chi connectivity index (χ0n) is 6.88. The van der Waals surface area contributed by atoms with Crippen molar-refractivity contribution < 1.29 is 9.21 Å². The van der Waals surface area contributed by atoms with Gasteiger partial charge in [0, 0.05) is 0 Å². The molecule has 0 unspecified atom stereocenters. The Kier molecular flexibility index (Phi) is 1.99. The highest BCUT2D eigenvalue weighted by molar-refractivity contribution is 5.95. The van der Waals surface area contributed by atoms with Crippen LogP contribution in [0.4, 0.5) is 5.69 Å². The highest BCUT2D eigenvalue weighted by Crippen LogP contribution is 2.08. The molecule has 2 N–H and O–H groups in total. The maximum atomic E-state index is 10.9. The van der Waals surface area contributed by atoms with Crippen LogP contribution in [0.25, 0.3) is 0 Å². The van der Waals surface area contributed by atoms with Crippen LogP contribution < -0.4 is 11.4 Å². The van der Waals surface area contributed by atoms with Gasteiger partial charge in [0.25, 0.3) is 0 Å². The van der Waals surface area contributed by atoms with Crippen molar-refractivity contribution in [3.05, 3.63) is 27.8 Å². The molecule has 0 bridgehead atoms. The van der Waals surface area contributed by atoms with E-state index in [-0.39, 0.29) is 11.5 Å². The molecule has 1 aromatic heterocycles. The second kappa shape index (κ2) is 2.81. The first kappa shape index (κ1) is 8.52. The lowest BCUT2D eigenvalue weighted by molar-refractivity contribution is 0.101. The van der Waals surface area contributed by atoms with Crippen molar-refractivity contribution in [2.75, 3.05) is 5.73 Å². The highest BCUT2D eigenvalue weighted by Gasteiger charge is 2.08. The average molecular weight is 167 g/mol. The molecule has 12 heavy (non-hydrogen) atoms. The molecule has 0 saturated heterocycles. The number of ketones is 1. The molecule has 1 aromatic rings. The summed E-state index contributed by atoms with van der Waals surface area (Å²) < 4.78 is 4.70. The summed E-state index contributed by atoms with van der Waals surface area (Å²) in [7, 11) is 0. The summed E-state index contributed by atoms with van der Waals surface area (Å²) in [6.45, 7) is 2.94. The second-order valence-corrected chi connectivity index (χ2v) is 2.52. The number of carbonyl (C=O) groups is 1. The fourth-order valence-corrected chi connectivity index (χ4v) is 0.919. The summed E-state index contributed by atoms with van der Waals surface area (Å²) in [5.41, 5.74) is 4.99. The van der Waals surface area contributed by atoms with Crippen molar-refractivity contribution in [1.82, 2.24) is 0 Å². The number of nitrogens with two attached hydrogens (primary N) is 1. The predicted octanol–water partition coefficient (Wildman–Crippen LogP) is 0.733. The van der Waals surface area contributed by atoms with Crippen LogP contribution >= 0.6 is 0 Å². The van der Waals surface area contributed by atoms with E-state index in [4.69, 9.17) is 10.2 Å². The number of hydrogen-bond acceptors (Lipinski definition) is 4. The molecule has 0 aliphatic carbocycles. The quantitative estimate of drug-likeness (QED) is 0.626. The molecule has 1 rings (SSSR count). The van der Waals surface area contributed by atoms with E-state index in [1.807, 2.05) is 0 Å². The van der Waals surface area contributed by atoms with Gasteiger partial charge in [-0.15, -0.1) is 0 Å². The fraction of sp³-hybridized carbons (Fsp3) is 0.250. The Bertz CT molecular complexity index is 378. The van der Waals surface area contributed by atoms with E-state index in [0.29, 0.717) is 11.3 Å². The summed E-state index contributed by atoms with van der Waals surface area (Å²) in [6, 6.07) is 1.34. The van der Waals surface area contributed by atoms with Gasteiger partial charge in [-0.05, 0) is 19.9 Å². The van der Waals surface area contributed by atoms with E-state index in [9.17, 15) is 9.59 Å². The van der Waals surface area contributed by atoms with E-state index < -0.39 is 5.63 Å². The Hall–Kier alpha value is -1.58. The molecule has 0 aliphatic heterocycles. The fourth-order valence-electron chi connectivity index (χ4n) is 0.919. The number of rotatable bonds is 1. The molecule has 0 saturated carbocycles. The third-order valence-electron chi connectivity index (χ3n) is 1.54. The molecule has 1 heterocycles. The normalized spacial score (nSPS) is 9.83. The predicted molar refractivity (Wildman–Crippen MR) is 44.1 cm³/mol. The molecule has 4 nitrogen and oxygen atoms in total. The topological polar surface area (TPSA) is 73.3 Å². The minimum absolute atomic E-state index is 0.0363. The second-order valence-electron chi connectivity index (χ2n) is 2.52. The standard InChI is InChI=1S/C8H9NO3/c1-4(10)6-3-7(9)8(11)12-5(6)2/h3H,9H2,1-2H3. The van der Waals surface area contributed by atoms with Crippen molar-refractivity contribution in [3.63, 3.8) is 0 Å². The van der Waals surface area contributed by atoms with Gasteiger partial charge in [-0.3, -0.25) is 4.79 Å². The highest BCUT2D eigenvalue weighted by atomic mass is 16.4. The molecule has 64 valence electrons. The van der Waals surface area contributed by atoms with Crippen molar-refractivity contribution in [2.45, 2.75) is 13.8 Å². The van der Waals surface area contributed by atoms with E-state index in [0.717, 1.165) is 0 Å². The lowest BCUT2D eigenvalue weighted by Crippen LogP contribution is -2.10. The van der Waals surface area contributed by atoms with Crippen molar-refractivity contribution in [3.8, 4) is 0 Å². The molecule has 0 aromatic carbocycles. The van der Waals surface area contributed by atoms with Crippen LogP contribution in [0, 0.1) is 6.92 Å². The van der Waals surface area contributed by atoms with Gasteiger partial charge in [-0.2, -0.15) is 0 Å². The Morgan fingerprint density at radius 2 is 2.17 bits per heavy atom. The number of carbonyl (C=O) groups excluding carboxylic acids is 1. The number of aryl methyl sites for hydroxylation is 1. The van der Waals surface area contributed by atoms with Crippen LogP contribution in [0.15, 0.2) is 15.3 Å². The van der Waals surface area contributed by atoms with Gasteiger partial charge in [0.05, 0.1) is 5.56 Å². The van der Waals surface area contributed by atoms with E-state index in [2.05, 4.69) is 0 Å². The Labute approximate surface area is 69.0 Å². The molecular formula is C8H9NO3. The largest absolute Gasteiger partial charge is 0.426 e. The van der Waals surface area contributed by atoms with Crippen LogP contribution in [0.3, 0.4) is 0 Å². The smallest absolute Gasteiger partial charge is 0.359 e. The molecule has 0 spiro atoms. The summed E-state index contributed by atoms with van der Waals surface area (Å²) in [6.07, 6.45) is 0. The Morgan fingerprint density at radius 3 is 2.67 bits per heavy atom. The third kappa shape index (κ3) is 1.37. The molecule has 0 fully saturated rings. The van der Waals surface area contributed by atoms with Crippen LogP contribution in [-0.2, 0) is 0 Å². The summed E-state index contributed by atoms with van der Waals surface area (Å²) >= 11 is 0. The van der Waals surface area contributed by atoms with Gasteiger partial charge in [-0.1, -0.05) is 0 Å². The maximum Gasteiger partial charge on any atom is 0.359 e. The van der Waals surface area contributed by atoms with Crippen LogP contribution in [0.5, 0.6) is 0 Å². The van der Waals surface area contributed by atoms with Crippen LogP contribution in [-0.4, -0.2) is 5.78 Å². The summed E-state index contributed by atoms with van der Waals surface area (Å²) in [5.74, 6) is 0.143. The van der Waals surface area contributed by atoms with E-state index >= 15 is 0 Å². The first-order chi connectivity index (χ1) is 5.52. The van der Waals surface area contributed by atoms with Gasteiger partial charge >= 0.3 is 5.63 Å². The van der Waals surface area contributed by atoms with Crippen LogP contribution in [0.1, 0.15) is 23.0 Å². The van der Waals surface area contributed by atoms with Crippen molar-refractivity contribution in [1.29, 1.82) is 0 Å². The lowest BCUT2D eigenvalue weighted by atomic mass is 10.1. The lowest BCUT2D eigenvalue weighted by Gasteiger charge is -1.99. The third-order valence-corrected chi connectivity index (χ3v) is 1.54. The van der Waals surface area contributed by atoms with Gasteiger partial charge in [0.2, 0.25) is 0 Å². The van der Waals surface area contributed by atoms with Gasteiger partial charge in [0.1, 0.15) is 11.4 Å². The van der Waals surface area contributed by atoms with E-state index in [1.54, 1.807) is 6.92 Å². The number of Topliss-reactive ketones (excluding diaryl/α,β-unsaturated/α-hetero) is 1. The Balaban J connectivity index is 3.43. The zero-order chi connectivity index (χ0) is 9.30. The monoisotopic (exact) mass is 167 g/mol. The number of nitrogen functional groups attached to an aromatic ring is 1. The van der Waals surface area contributed by atoms with Crippen molar-refractivity contribution in [2.24, 2.45) is 0 Å². The van der Waals surface area contributed by atoms with Crippen molar-refractivity contribution >= 4 is 11.5 Å². The van der Waals surface area contributed by atoms with Gasteiger partial charge < -0.3 is 10.2 Å². The maximum absolute atomic E-state index is 10.9. The summed E-state index contributed by atoms with van der Waals surface area (Å²) in [5, 5.41) is 0. The average Bonchev–Trinajstić information content (AvgIpc) is 1.96. The summed E-state index contributed by atoms with van der Waals surface area (Å²) in [4.78, 5) is 21.7. The first-order valence-electron chi connectivity index (χ1n) is 3.43. The van der Waals surface area contributed by atoms with Crippen LogP contribution in [0.2, 0.25) is 0 Å². The zero-order valence-corrected chi connectivity index (χ0v) is 6.88.